The van der Waals surface area contributed by atoms with Crippen LogP contribution in [-0.2, 0) is 11.2 Å². The van der Waals surface area contributed by atoms with Crippen molar-refractivity contribution in [3.05, 3.63) is 35.4 Å². The van der Waals surface area contributed by atoms with Gasteiger partial charge in [0.15, 0.2) is 0 Å². The number of rotatable bonds is 6. The number of benzene rings is 1. The molecule has 5 heteroatoms. The van der Waals surface area contributed by atoms with Gasteiger partial charge in [0, 0.05) is 6.54 Å². The molecular weight excluding hydrogens is 376 g/mol. The van der Waals surface area contributed by atoms with Gasteiger partial charge in [-0.2, -0.15) is 0 Å². The Kier molecular flexibility index (Phi) is 7.12. The Balaban J connectivity index is 1.37. The first-order valence-electron chi connectivity index (χ1n) is 12.1. The number of carbonyl (C=O) groups is 1. The van der Waals surface area contributed by atoms with E-state index in [1.165, 1.54) is 43.2 Å². The first-order chi connectivity index (χ1) is 14.6. The van der Waals surface area contributed by atoms with Crippen LogP contribution in [0.3, 0.4) is 0 Å². The first-order valence-corrected chi connectivity index (χ1v) is 12.1. The van der Waals surface area contributed by atoms with Crippen molar-refractivity contribution in [1.29, 1.82) is 0 Å². The van der Waals surface area contributed by atoms with Crippen LogP contribution in [0.5, 0.6) is 0 Å². The second-order valence-corrected chi connectivity index (χ2v) is 9.67. The predicted octanol–water partition coefficient (Wildman–Crippen LogP) is 3.34. The molecule has 0 aromatic heterocycles. The molecular formula is C25H38N2O3. The largest absolute Gasteiger partial charge is 0.390 e. The average molecular weight is 415 g/mol. The number of carbonyl (C=O) groups excluding carboxylic acids is 1. The third kappa shape index (κ3) is 4.74. The van der Waals surface area contributed by atoms with E-state index in [0.29, 0.717) is 38.3 Å². The van der Waals surface area contributed by atoms with Crippen molar-refractivity contribution in [3.63, 3.8) is 0 Å². The topological polar surface area (TPSA) is 72.8 Å². The molecule has 0 radical (unpaired) electrons. The third-order valence-corrected chi connectivity index (χ3v) is 7.72. The lowest BCUT2D eigenvalue weighted by Crippen LogP contribution is -2.49. The third-order valence-electron chi connectivity index (χ3n) is 7.72. The van der Waals surface area contributed by atoms with E-state index in [1.54, 1.807) is 0 Å². The predicted molar refractivity (Wildman–Crippen MR) is 118 cm³/mol. The Labute approximate surface area is 180 Å². The van der Waals surface area contributed by atoms with Crippen LogP contribution in [0.15, 0.2) is 24.3 Å². The number of hydrogen-bond donors (Lipinski definition) is 3. The summed E-state index contributed by atoms with van der Waals surface area (Å²) in [6.45, 7) is 1.65. The standard InChI is InChI=1S/C25H38N2O3/c28-22-12-6-7-14-25(22,30)15-16-26-18-23(29)27-17-13-19-8-4-5-11-21(19)24(27)20-9-2-1-3-10-20/h4-5,8,11,20,22,24,26,28,30H,1-3,6-7,9-10,12-18H2/t22-,24?,25+/m0/s1. The van der Waals surface area contributed by atoms with E-state index < -0.39 is 11.7 Å². The molecule has 1 unspecified atom stereocenters. The van der Waals surface area contributed by atoms with Crippen molar-refractivity contribution >= 4 is 5.91 Å². The Bertz CT molecular complexity index is 718. The van der Waals surface area contributed by atoms with E-state index in [1.807, 2.05) is 0 Å². The molecule has 0 saturated heterocycles. The van der Waals surface area contributed by atoms with E-state index in [9.17, 15) is 15.0 Å². The maximum atomic E-state index is 13.2. The van der Waals surface area contributed by atoms with Crippen LogP contribution in [0.25, 0.3) is 0 Å². The summed E-state index contributed by atoms with van der Waals surface area (Å²) in [6, 6.07) is 8.87. The normalized spacial score (nSPS) is 30.1. The van der Waals surface area contributed by atoms with Crippen LogP contribution < -0.4 is 5.32 Å². The Morgan fingerprint density at radius 3 is 2.67 bits per heavy atom. The van der Waals surface area contributed by atoms with Crippen molar-refractivity contribution in [2.45, 2.75) is 88.4 Å². The van der Waals surface area contributed by atoms with Crippen LogP contribution in [0, 0.1) is 5.92 Å². The number of amides is 1. The van der Waals surface area contributed by atoms with Gasteiger partial charge in [0.05, 0.1) is 24.3 Å². The van der Waals surface area contributed by atoms with Crippen molar-refractivity contribution in [2.75, 3.05) is 19.6 Å². The molecule has 2 saturated carbocycles. The smallest absolute Gasteiger partial charge is 0.237 e. The molecule has 166 valence electrons. The SMILES string of the molecule is O=C(CNCC[C@]1(O)CCCC[C@@H]1O)N1CCc2ccccc2C1C1CCCCC1. The van der Waals surface area contributed by atoms with Crippen molar-refractivity contribution < 1.29 is 15.0 Å². The number of fused-ring (bicyclic) bond motifs is 1. The van der Waals surface area contributed by atoms with Gasteiger partial charge < -0.3 is 20.4 Å². The van der Waals surface area contributed by atoms with Gasteiger partial charge in [0.25, 0.3) is 0 Å². The second-order valence-electron chi connectivity index (χ2n) is 9.67. The quantitative estimate of drug-likeness (QED) is 0.624. The molecule has 1 aromatic rings. The summed E-state index contributed by atoms with van der Waals surface area (Å²) in [5, 5.41) is 24.1. The zero-order chi connectivity index (χ0) is 21.0. The van der Waals surface area contributed by atoms with Gasteiger partial charge in [0.1, 0.15) is 0 Å². The lowest BCUT2D eigenvalue weighted by atomic mass is 9.77. The van der Waals surface area contributed by atoms with Crippen LogP contribution in [0.4, 0.5) is 0 Å². The summed E-state index contributed by atoms with van der Waals surface area (Å²) in [6.07, 6.45) is 10.3. The zero-order valence-corrected chi connectivity index (χ0v) is 18.2. The molecule has 1 heterocycles. The van der Waals surface area contributed by atoms with Crippen LogP contribution in [0.2, 0.25) is 0 Å². The fourth-order valence-corrected chi connectivity index (χ4v) is 5.93. The van der Waals surface area contributed by atoms with Gasteiger partial charge >= 0.3 is 0 Å². The van der Waals surface area contributed by atoms with Gasteiger partial charge in [-0.3, -0.25) is 4.79 Å². The van der Waals surface area contributed by atoms with Crippen molar-refractivity contribution in [2.24, 2.45) is 5.92 Å². The number of aliphatic hydroxyl groups is 2. The maximum absolute atomic E-state index is 13.2. The fraction of sp³-hybridized carbons (Fsp3) is 0.720. The van der Waals surface area contributed by atoms with Gasteiger partial charge in [-0.15, -0.1) is 0 Å². The minimum Gasteiger partial charge on any atom is -0.390 e. The molecule has 3 atom stereocenters. The first kappa shape index (κ1) is 21.8. The van der Waals surface area contributed by atoms with Crippen molar-refractivity contribution in [1.82, 2.24) is 10.2 Å². The minimum atomic E-state index is -0.997. The van der Waals surface area contributed by atoms with Crippen molar-refractivity contribution in [3.8, 4) is 0 Å². The molecule has 2 fully saturated rings. The summed E-state index contributed by atoms with van der Waals surface area (Å²) >= 11 is 0. The Morgan fingerprint density at radius 1 is 1.10 bits per heavy atom. The number of nitrogens with zero attached hydrogens (tertiary/aromatic N) is 1. The van der Waals surface area contributed by atoms with Crippen LogP contribution in [0.1, 0.15) is 81.4 Å². The maximum Gasteiger partial charge on any atom is 0.237 e. The molecule has 1 aromatic carbocycles. The molecule has 1 aliphatic heterocycles. The summed E-state index contributed by atoms with van der Waals surface area (Å²) in [5.74, 6) is 0.721. The van der Waals surface area contributed by atoms with E-state index in [-0.39, 0.29) is 11.9 Å². The summed E-state index contributed by atoms with van der Waals surface area (Å²) < 4.78 is 0. The van der Waals surface area contributed by atoms with Gasteiger partial charge in [-0.25, -0.2) is 0 Å². The summed E-state index contributed by atoms with van der Waals surface area (Å²) in [7, 11) is 0. The molecule has 0 bridgehead atoms. The number of aliphatic hydroxyl groups excluding tert-OH is 1. The highest BCUT2D eigenvalue weighted by Gasteiger charge is 2.38. The van der Waals surface area contributed by atoms with Crippen LogP contribution >= 0.6 is 0 Å². The van der Waals surface area contributed by atoms with E-state index in [2.05, 4.69) is 34.5 Å². The summed E-state index contributed by atoms with van der Waals surface area (Å²) in [4.78, 5) is 15.3. The van der Waals surface area contributed by atoms with E-state index in [0.717, 1.165) is 25.8 Å². The Morgan fingerprint density at radius 2 is 1.87 bits per heavy atom. The molecule has 3 aliphatic rings. The zero-order valence-electron chi connectivity index (χ0n) is 18.2. The molecule has 2 aliphatic carbocycles. The molecule has 30 heavy (non-hydrogen) atoms. The average Bonchev–Trinajstić information content (AvgIpc) is 2.78. The molecule has 5 nitrogen and oxygen atoms in total. The minimum absolute atomic E-state index is 0.163. The molecule has 1 amide bonds. The summed E-state index contributed by atoms with van der Waals surface area (Å²) in [5.41, 5.74) is 1.76. The molecule has 0 spiro atoms. The molecule has 4 rings (SSSR count). The number of nitrogens with one attached hydrogen (secondary N) is 1. The van der Waals surface area contributed by atoms with E-state index >= 15 is 0 Å². The molecule has 3 N–H and O–H groups in total. The monoisotopic (exact) mass is 414 g/mol. The fourth-order valence-electron chi connectivity index (χ4n) is 5.93. The highest BCUT2D eigenvalue weighted by molar-refractivity contribution is 5.79. The highest BCUT2D eigenvalue weighted by atomic mass is 16.3. The van der Waals surface area contributed by atoms with Gasteiger partial charge in [0.2, 0.25) is 5.91 Å². The van der Waals surface area contributed by atoms with Gasteiger partial charge in [-0.1, -0.05) is 56.4 Å². The Hall–Kier alpha value is -1.43. The number of hydrogen-bond acceptors (Lipinski definition) is 4. The second kappa shape index (κ2) is 9.80. The van der Waals surface area contributed by atoms with Crippen LogP contribution in [-0.4, -0.2) is 52.4 Å². The highest BCUT2D eigenvalue weighted by Crippen LogP contribution is 2.42. The van der Waals surface area contributed by atoms with Gasteiger partial charge in [-0.05, 0) is 62.1 Å². The van der Waals surface area contributed by atoms with E-state index in [4.69, 9.17) is 0 Å². The lowest BCUT2D eigenvalue weighted by Gasteiger charge is -2.43. The lowest BCUT2D eigenvalue weighted by molar-refractivity contribution is -0.135.